The van der Waals surface area contributed by atoms with Crippen LogP contribution in [0.15, 0.2) is 73.1 Å². The van der Waals surface area contributed by atoms with Crippen molar-refractivity contribution < 1.29 is 4.79 Å². The molecule has 1 aliphatic heterocycles. The quantitative estimate of drug-likeness (QED) is 0.409. The van der Waals surface area contributed by atoms with Crippen LogP contribution in [0.5, 0.6) is 0 Å². The Bertz CT molecular complexity index is 1220. The number of likely N-dealkylation sites (tertiary alicyclic amines) is 1. The van der Waals surface area contributed by atoms with Gasteiger partial charge in [0, 0.05) is 35.1 Å². The van der Waals surface area contributed by atoms with Crippen molar-refractivity contribution in [2.45, 2.75) is 31.3 Å². The van der Waals surface area contributed by atoms with E-state index in [1.165, 1.54) is 12.8 Å². The molecule has 7 nitrogen and oxygen atoms in total. The summed E-state index contributed by atoms with van der Waals surface area (Å²) in [6.07, 6.45) is 6.96. The number of urea groups is 1. The lowest BCUT2D eigenvalue weighted by atomic mass is 9.91. The molecule has 0 bridgehead atoms. The highest BCUT2D eigenvalue weighted by Crippen LogP contribution is 2.29. The molecule has 1 fully saturated rings. The summed E-state index contributed by atoms with van der Waals surface area (Å²) >= 11 is 0. The number of likely N-dealkylation sites (N-methyl/N-ethyl adjacent to an activating group) is 1. The topological polar surface area (TPSA) is 85.9 Å². The number of aromatic nitrogens is 3. The normalized spacial score (nSPS) is 17.5. The van der Waals surface area contributed by atoms with Crippen molar-refractivity contribution in [3.8, 4) is 11.3 Å². The lowest BCUT2D eigenvalue weighted by Crippen LogP contribution is -2.47. The summed E-state index contributed by atoms with van der Waals surface area (Å²) in [5.74, 6) is 0. The molecule has 0 unspecified atom stereocenters. The molecule has 7 heteroatoms. The number of anilines is 1. The molecule has 0 aliphatic carbocycles. The third-order valence-electron chi connectivity index (χ3n) is 6.41. The summed E-state index contributed by atoms with van der Waals surface area (Å²) < 4.78 is 0. The first-order valence-electron chi connectivity index (χ1n) is 11.4. The molecule has 5 rings (SSSR count). The number of aromatic amines is 1. The van der Waals surface area contributed by atoms with E-state index in [2.05, 4.69) is 49.9 Å². The molecule has 2 atom stereocenters. The number of carbonyl (C=O) groups is 1. The zero-order chi connectivity index (χ0) is 22.6. The smallest absolute Gasteiger partial charge is 0.319 e. The van der Waals surface area contributed by atoms with Gasteiger partial charge >= 0.3 is 6.03 Å². The highest BCUT2D eigenvalue weighted by atomic mass is 16.2. The summed E-state index contributed by atoms with van der Waals surface area (Å²) in [5.41, 5.74) is 4.49. The minimum Gasteiger partial charge on any atom is -0.329 e. The van der Waals surface area contributed by atoms with Crippen LogP contribution in [0.25, 0.3) is 22.2 Å². The molecule has 2 amide bonds. The van der Waals surface area contributed by atoms with Crippen LogP contribution in [0.4, 0.5) is 10.5 Å². The summed E-state index contributed by atoms with van der Waals surface area (Å²) in [4.78, 5) is 19.7. The molecule has 0 spiro atoms. The van der Waals surface area contributed by atoms with E-state index in [1.54, 1.807) is 12.4 Å². The Kier molecular flexibility index (Phi) is 6.04. The molecule has 0 saturated carbocycles. The highest BCUT2D eigenvalue weighted by Gasteiger charge is 2.30. The van der Waals surface area contributed by atoms with Crippen LogP contribution in [0.3, 0.4) is 0 Å². The summed E-state index contributed by atoms with van der Waals surface area (Å²) in [7, 11) is 2.14. The summed E-state index contributed by atoms with van der Waals surface area (Å²) in [6.45, 7) is 1.05. The van der Waals surface area contributed by atoms with Crippen molar-refractivity contribution in [2.24, 2.45) is 0 Å². The molecule has 3 heterocycles. The number of amides is 2. The van der Waals surface area contributed by atoms with Gasteiger partial charge in [-0.1, -0.05) is 36.8 Å². The van der Waals surface area contributed by atoms with Gasteiger partial charge in [-0.3, -0.25) is 10.1 Å². The van der Waals surface area contributed by atoms with E-state index in [0.717, 1.165) is 46.4 Å². The zero-order valence-corrected chi connectivity index (χ0v) is 18.7. The SMILES string of the molecule is CN1CCCC[C@H]1[C@@H](NC(=O)Nc1ccc2[nH]nc(-c3cccnc3)c2c1)c1ccccc1. The van der Waals surface area contributed by atoms with Crippen LogP contribution in [0, 0.1) is 0 Å². The highest BCUT2D eigenvalue weighted by molar-refractivity contribution is 5.98. The fourth-order valence-corrected chi connectivity index (χ4v) is 4.71. The van der Waals surface area contributed by atoms with Crippen molar-refractivity contribution in [3.63, 3.8) is 0 Å². The van der Waals surface area contributed by atoms with E-state index < -0.39 is 0 Å². The number of piperidine rings is 1. The van der Waals surface area contributed by atoms with E-state index >= 15 is 0 Å². The lowest BCUT2D eigenvalue weighted by Gasteiger charge is -2.38. The standard InChI is InChI=1S/C26H28N6O/c1-32-15-6-5-11-23(32)25(18-8-3-2-4-9-18)29-26(33)28-20-12-13-22-21(16-20)24(31-30-22)19-10-7-14-27-17-19/h2-4,7-10,12-14,16-17,23,25H,5-6,11,15H2,1H3,(H,30,31)(H2,28,29,33)/t23-,25-/m0/s1. The van der Waals surface area contributed by atoms with E-state index in [0.29, 0.717) is 0 Å². The lowest BCUT2D eigenvalue weighted by molar-refractivity contribution is 0.147. The van der Waals surface area contributed by atoms with Gasteiger partial charge in [-0.2, -0.15) is 5.10 Å². The van der Waals surface area contributed by atoms with Crippen molar-refractivity contribution in [3.05, 3.63) is 78.6 Å². The number of carbonyl (C=O) groups excluding carboxylic acids is 1. The largest absolute Gasteiger partial charge is 0.329 e. The average molecular weight is 441 g/mol. The number of fused-ring (bicyclic) bond motifs is 1. The second-order valence-electron chi connectivity index (χ2n) is 8.60. The molecule has 168 valence electrons. The van der Waals surface area contributed by atoms with Gasteiger partial charge in [0.05, 0.1) is 11.6 Å². The molecular formula is C26H28N6O. The Labute approximate surface area is 193 Å². The molecule has 4 aromatic rings. The summed E-state index contributed by atoms with van der Waals surface area (Å²) in [5, 5.41) is 14.7. The second-order valence-corrected chi connectivity index (χ2v) is 8.60. The first-order valence-corrected chi connectivity index (χ1v) is 11.4. The van der Waals surface area contributed by atoms with Gasteiger partial charge in [-0.25, -0.2) is 4.79 Å². The van der Waals surface area contributed by atoms with Crippen LogP contribution >= 0.6 is 0 Å². The third kappa shape index (κ3) is 4.59. The van der Waals surface area contributed by atoms with Crippen LogP contribution in [-0.4, -0.2) is 45.7 Å². The maximum Gasteiger partial charge on any atom is 0.319 e. The van der Waals surface area contributed by atoms with Crippen LogP contribution < -0.4 is 10.6 Å². The van der Waals surface area contributed by atoms with Crippen molar-refractivity contribution >= 4 is 22.6 Å². The Morgan fingerprint density at radius 1 is 1.12 bits per heavy atom. The number of hydrogen-bond donors (Lipinski definition) is 3. The fraction of sp³-hybridized carbons (Fsp3) is 0.269. The zero-order valence-electron chi connectivity index (χ0n) is 18.7. The van der Waals surface area contributed by atoms with Crippen molar-refractivity contribution in [1.82, 2.24) is 25.4 Å². The Morgan fingerprint density at radius 3 is 2.79 bits per heavy atom. The van der Waals surface area contributed by atoms with E-state index in [4.69, 9.17) is 0 Å². The predicted molar refractivity (Wildman–Crippen MR) is 131 cm³/mol. The van der Waals surface area contributed by atoms with Gasteiger partial charge in [-0.15, -0.1) is 0 Å². The van der Waals surface area contributed by atoms with Gasteiger partial charge < -0.3 is 15.5 Å². The maximum absolute atomic E-state index is 13.1. The molecule has 1 saturated heterocycles. The number of pyridine rings is 1. The van der Waals surface area contributed by atoms with Crippen LogP contribution in [0.2, 0.25) is 0 Å². The first kappa shape index (κ1) is 21.2. The third-order valence-corrected chi connectivity index (χ3v) is 6.41. The molecule has 1 aliphatic rings. The molecule has 3 N–H and O–H groups in total. The first-order chi connectivity index (χ1) is 16.2. The average Bonchev–Trinajstić information content (AvgIpc) is 3.27. The number of rotatable bonds is 5. The van der Waals surface area contributed by atoms with Gasteiger partial charge in [0.2, 0.25) is 0 Å². The van der Waals surface area contributed by atoms with E-state index in [-0.39, 0.29) is 18.1 Å². The Morgan fingerprint density at radius 2 is 2.00 bits per heavy atom. The maximum atomic E-state index is 13.1. The Balaban J connectivity index is 1.38. The van der Waals surface area contributed by atoms with Gasteiger partial charge in [-0.05, 0) is 62.3 Å². The van der Waals surface area contributed by atoms with E-state index in [9.17, 15) is 4.79 Å². The van der Waals surface area contributed by atoms with Gasteiger partial charge in [0.25, 0.3) is 0 Å². The monoisotopic (exact) mass is 440 g/mol. The Hall–Kier alpha value is -3.71. The fourth-order valence-electron chi connectivity index (χ4n) is 4.71. The van der Waals surface area contributed by atoms with Crippen LogP contribution in [0.1, 0.15) is 30.9 Å². The van der Waals surface area contributed by atoms with Gasteiger partial charge in [0.15, 0.2) is 0 Å². The number of nitrogens with one attached hydrogen (secondary N) is 3. The number of hydrogen-bond acceptors (Lipinski definition) is 4. The summed E-state index contributed by atoms with van der Waals surface area (Å²) in [6, 6.07) is 19.8. The van der Waals surface area contributed by atoms with Crippen molar-refractivity contribution in [1.29, 1.82) is 0 Å². The molecule has 33 heavy (non-hydrogen) atoms. The minimum absolute atomic E-state index is 0.0832. The number of nitrogens with zero attached hydrogens (tertiary/aromatic N) is 3. The van der Waals surface area contributed by atoms with Crippen LogP contribution in [-0.2, 0) is 0 Å². The molecular weight excluding hydrogens is 412 g/mol. The molecule has 2 aromatic carbocycles. The predicted octanol–water partition coefficient (Wildman–Crippen LogP) is 4.97. The van der Waals surface area contributed by atoms with Crippen molar-refractivity contribution in [2.75, 3.05) is 18.9 Å². The van der Waals surface area contributed by atoms with E-state index in [1.807, 2.05) is 48.5 Å². The van der Waals surface area contributed by atoms with Gasteiger partial charge in [0.1, 0.15) is 5.69 Å². The molecule has 2 aromatic heterocycles. The second kappa shape index (κ2) is 9.42. The molecule has 0 radical (unpaired) electrons. The number of benzene rings is 2. The number of H-pyrrole nitrogens is 1. The minimum atomic E-state index is -0.214.